The standard InChI is InChI=1S/C27H40N4O6S/c1-8-36-23(33)20(13-14-38-7)29-22(32)21(15-17-16-28-19-12-10-9-11-18(17)19)30-24(34)27(5,6)31-25(35)37-26(2,3)4/h9-12,16,20-21,28H,8,13-15H2,1-7H3,(H,29,32)(H,30,34)(H,31,35)/t20-,21?/m1/s1. The highest BCUT2D eigenvalue weighted by atomic mass is 32.2. The maximum atomic E-state index is 13.5. The molecule has 2 atom stereocenters. The van der Waals surface area contributed by atoms with Gasteiger partial charge in [-0.1, -0.05) is 18.2 Å². The molecule has 2 rings (SSSR count). The van der Waals surface area contributed by atoms with Gasteiger partial charge < -0.3 is 30.4 Å². The van der Waals surface area contributed by atoms with Crippen molar-refractivity contribution in [3.05, 3.63) is 36.0 Å². The lowest BCUT2D eigenvalue weighted by atomic mass is 10.0. The molecule has 1 unspecified atom stereocenters. The van der Waals surface area contributed by atoms with Crippen molar-refractivity contribution in [2.24, 2.45) is 0 Å². The SMILES string of the molecule is CCOC(=O)[C@@H](CCSC)NC(=O)C(Cc1c[nH]c2ccccc12)NC(=O)C(C)(C)NC(=O)OC(C)(C)C. The normalized spacial score (nSPS) is 13.3. The summed E-state index contributed by atoms with van der Waals surface area (Å²) >= 11 is 1.54. The van der Waals surface area contributed by atoms with Crippen molar-refractivity contribution in [1.29, 1.82) is 0 Å². The number of rotatable bonds is 12. The van der Waals surface area contributed by atoms with Gasteiger partial charge in [0.15, 0.2) is 0 Å². The molecule has 0 aliphatic heterocycles. The molecule has 0 aliphatic carbocycles. The lowest BCUT2D eigenvalue weighted by Crippen LogP contribution is -2.60. The topological polar surface area (TPSA) is 139 Å². The van der Waals surface area contributed by atoms with E-state index >= 15 is 0 Å². The Bertz CT molecular complexity index is 1120. The molecule has 3 amide bonds. The summed E-state index contributed by atoms with van der Waals surface area (Å²) in [6.45, 7) is 10.1. The molecule has 0 aliphatic rings. The van der Waals surface area contributed by atoms with E-state index in [1.54, 1.807) is 45.7 Å². The molecule has 0 bridgehead atoms. The molecule has 0 saturated heterocycles. The molecule has 10 nitrogen and oxygen atoms in total. The van der Waals surface area contributed by atoms with Crippen molar-refractivity contribution in [1.82, 2.24) is 20.9 Å². The predicted octanol–water partition coefficient (Wildman–Crippen LogP) is 3.30. The van der Waals surface area contributed by atoms with Gasteiger partial charge in [0, 0.05) is 23.5 Å². The minimum absolute atomic E-state index is 0.155. The van der Waals surface area contributed by atoms with E-state index in [0.717, 1.165) is 16.5 Å². The number of amides is 3. The summed E-state index contributed by atoms with van der Waals surface area (Å²) in [5.74, 6) is -1.01. The van der Waals surface area contributed by atoms with E-state index < -0.39 is 47.1 Å². The van der Waals surface area contributed by atoms with E-state index in [9.17, 15) is 19.2 Å². The summed E-state index contributed by atoms with van der Waals surface area (Å²) in [7, 11) is 0. The van der Waals surface area contributed by atoms with E-state index in [1.807, 2.05) is 30.5 Å². The molecule has 1 aromatic carbocycles. The Morgan fingerprint density at radius 2 is 1.71 bits per heavy atom. The first kappa shape index (κ1) is 31.0. The van der Waals surface area contributed by atoms with E-state index in [-0.39, 0.29) is 13.0 Å². The molecule has 0 saturated carbocycles. The Morgan fingerprint density at radius 3 is 2.34 bits per heavy atom. The van der Waals surface area contributed by atoms with Gasteiger partial charge in [0.1, 0.15) is 23.2 Å². The van der Waals surface area contributed by atoms with Crippen LogP contribution in [-0.4, -0.2) is 70.7 Å². The molecule has 38 heavy (non-hydrogen) atoms. The molecule has 2 aromatic rings. The lowest BCUT2D eigenvalue weighted by molar-refractivity contribution is -0.147. The average molecular weight is 549 g/mol. The predicted molar refractivity (Wildman–Crippen MR) is 149 cm³/mol. The molecular weight excluding hydrogens is 508 g/mol. The zero-order chi connectivity index (χ0) is 28.5. The van der Waals surface area contributed by atoms with Crippen LogP contribution in [0.1, 0.15) is 53.5 Å². The highest BCUT2D eigenvalue weighted by molar-refractivity contribution is 7.98. The Hall–Kier alpha value is -3.21. The number of carbonyl (C=O) groups excluding carboxylic acids is 4. The number of hydrogen-bond acceptors (Lipinski definition) is 7. The van der Waals surface area contributed by atoms with Gasteiger partial charge in [0.05, 0.1) is 6.61 Å². The number of para-hydroxylation sites is 1. The van der Waals surface area contributed by atoms with Crippen LogP contribution in [0.25, 0.3) is 10.9 Å². The molecule has 210 valence electrons. The molecular formula is C27H40N4O6S. The van der Waals surface area contributed by atoms with Gasteiger partial charge >= 0.3 is 12.1 Å². The number of carbonyl (C=O) groups is 4. The van der Waals surface area contributed by atoms with Crippen molar-refractivity contribution >= 4 is 46.5 Å². The minimum Gasteiger partial charge on any atom is -0.464 e. The van der Waals surface area contributed by atoms with Gasteiger partial charge in [0.25, 0.3) is 0 Å². The number of H-pyrrole nitrogens is 1. The Morgan fingerprint density at radius 1 is 1.03 bits per heavy atom. The van der Waals surface area contributed by atoms with Crippen molar-refractivity contribution in [3.8, 4) is 0 Å². The second-order valence-electron chi connectivity index (χ2n) is 10.4. The fraction of sp³-hybridized carbons (Fsp3) is 0.556. The van der Waals surface area contributed by atoms with E-state index in [1.165, 1.54) is 13.8 Å². The summed E-state index contributed by atoms with van der Waals surface area (Å²) in [5.41, 5.74) is -0.423. The van der Waals surface area contributed by atoms with Gasteiger partial charge in [-0.2, -0.15) is 11.8 Å². The van der Waals surface area contributed by atoms with Crippen LogP contribution < -0.4 is 16.0 Å². The first-order chi connectivity index (χ1) is 17.8. The minimum atomic E-state index is -1.39. The Labute approximate surface area is 228 Å². The van der Waals surface area contributed by atoms with Crippen LogP contribution in [0.2, 0.25) is 0 Å². The van der Waals surface area contributed by atoms with Crippen LogP contribution in [-0.2, 0) is 30.3 Å². The van der Waals surface area contributed by atoms with Gasteiger partial charge in [-0.15, -0.1) is 0 Å². The first-order valence-corrected chi connectivity index (χ1v) is 14.0. The van der Waals surface area contributed by atoms with Crippen LogP contribution in [0, 0.1) is 0 Å². The van der Waals surface area contributed by atoms with E-state index in [2.05, 4.69) is 20.9 Å². The third kappa shape index (κ3) is 9.27. The fourth-order valence-electron chi connectivity index (χ4n) is 3.68. The average Bonchev–Trinajstić information content (AvgIpc) is 3.22. The number of aromatic nitrogens is 1. The Balaban J connectivity index is 2.29. The number of fused-ring (bicyclic) bond motifs is 1. The number of hydrogen-bond donors (Lipinski definition) is 4. The van der Waals surface area contributed by atoms with Crippen LogP contribution in [0.15, 0.2) is 30.5 Å². The third-order valence-electron chi connectivity index (χ3n) is 5.60. The third-order valence-corrected chi connectivity index (χ3v) is 6.24. The smallest absolute Gasteiger partial charge is 0.408 e. The van der Waals surface area contributed by atoms with Crippen molar-refractivity contribution in [2.75, 3.05) is 18.6 Å². The highest BCUT2D eigenvalue weighted by Gasteiger charge is 2.35. The number of ether oxygens (including phenoxy) is 2. The zero-order valence-electron chi connectivity index (χ0n) is 23.2. The molecule has 1 heterocycles. The maximum Gasteiger partial charge on any atom is 0.408 e. The number of nitrogens with one attached hydrogen (secondary N) is 4. The number of benzene rings is 1. The van der Waals surface area contributed by atoms with Gasteiger partial charge in [-0.3, -0.25) is 9.59 Å². The monoisotopic (exact) mass is 548 g/mol. The van der Waals surface area contributed by atoms with Gasteiger partial charge in [-0.05, 0) is 71.6 Å². The summed E-state index contributed by atoms with van der Waals surface area (Å²) in [6, 6.07) is 5.73. The molecule has 0 spiro atoms. The van der Waals surface area contributed by atoms with Crippen molar-refractivity contribution in [3.63, 3.8) is 0 Å². The summed E-state index contributed by atoms with van der Waals surface area (Å²) in [4.78, 5) is 54.8. The van der Waals surface area contributed by atoms with Crippen LogP contribution in [0.3, 0.4) is 0 Å². The number of thioether (sulfide) groups is 1. The number of esters is 1. The molecule has 0 fully saturated rings. The van der Waals surface area contributed by atoms with Gasteiger partial charge in [0.2, 0.25) is 11.8 Å². The van der Waals surface area contributed by atoms with Gasteiger partial charge in [-0.25, -0.2) is 9.59 Å². The van der Waals surface area contributed by atoms with E-state index in [0.29, 0.717) is 12.2 Å². The summed E-state index contributed by atoms with van der Waals surface area (Å²) in [5, 5.41) is 9.00. The lowest BCUT2D eigenvalue weighted by Gasteiger charge is -2.30. The summed E-state index contributed by atoms with van der Waals surface area (Å²) in [6.07, 6.45) is 3.48. The molecule has 1 aromatic heterocycles. The quantitative estimate of drug-likeness (QED) is 0.299. The van der Waals surface area contributed by atoms with Crippen molar-refractivity contribution in [2.45, 2.75) is 77.6 Å². The van der Waals surface area contributed by atoms with Crippen molar-refractivity contribution < 1.29 is 28.7 Å². The number of aromatic amines is 1. The maximum absolute atomic E-state index is 13.5. The Kier molecular flexibility index (Phi) is 11.1. The second-order valence-corrected chi connectivity index (χ2v) is 11.4. The van der Waals surface area contributed by atoms with E-state index in [4.69, 9.17) is 9.47 Å². The van der Waals surface area contributed by atoms with Crippen LogP contribution >= 0.6 is 11.8 Å². The largest absolute Gasteiger partial charge is 0.464 e. The molecule has 4 N–H and O–H groups in total. The summed E-state index contributed by atoms with van der Waals surface area (Å²) < 4.78 is 10.4. The van der Waals surface area contributed by atoms with Crippen LogP contribution in [0.4, 0.5) is 4.79 Å². The fourth-order valence-corrected chi connectivity index (χ4v) is 4.16. The molecule has 11 heteroatoms. The van der Waals surface area contributed by atoms with Crippen LogP contribution in [0.5, 0.6) is 0 Å². The second kappa shape index (κ2) is 13.5. The zero-order valence-corrected chi connectivity index (χ0v) is 24.0. The molecule has 0 radical (unpaired) electrons. The first-order valence-electron chi connectivity index (χ1n) is 12.6. The number of alkyl carbamates (subject to hydrolysis) is 1. The highest BCUT2D eigenvalue weighted by Crippen LogP contribution is 2.20.